The van der Waals surface area contributed by atoms with Crippen molar-refractivity contribution in [3.8, 4) is 6.07 Å². The molecule has 0 bridgehead atoms. The number of hydrogen-bond acceptors (Lipinski definition) is 3. The van der Waals surface area contributed by atoms with Crippen molar-refractivity contribution >= 4 is 0 Å². The highest BCUT2D eigenvalue weighted by molar-refractivity contribution is 5.34. The molecule has 0 unspecified atom stereocenters. The predicted octanol–water partition coefficient (Wildman–Crippen LogP) is 5.77. The first-order valence-corrected chi connectivity index (χ1v) is 11.0. The van der Waals surface area contributed by atoms with E-state index in [2.05, 4.69) is 102 Å². The van der Waals surface area contributed by atoms with Gasteiger partial charge >= 0.3 is 0 Å². The van der Waals surface area contributed by atoms with Crippen LogP contribution in [0.4, 0.5) is 0 Å². The number of nitrogens with zero attached hydrogens (tertiary/aromatic N) is 3. The van der Waals surface area contributed by atoms with Crippen molar-refractivity contribution in [2.75, 3.05) is 13.1 Å². The Labute approximate surface area is 174 Å². The fourth-order valence-electron chi connectivity index (χ4n) is 4.33. The van der Waals surface area contributed by atoms with E-state index in [9.17, 15) is 5.26 Å². The summed E-state index contributed by atoms with van der Waals surface area (Å²) in [4.78, 5) is 5.01. The summed E-state index contributed by atoms with van der Waals surface area (Å²) in [5, 5.41) is 10.4. The Morgan fingerprint density at radius 3 is 1.39 bits per heavy atom. The maximum Gasteiger partial charge on any atom is 0.0846 e. The van der Waals surface area contributed by atoms with Crippen LogP contribution in [0, 0.1) is 18.3 Å². The molecule has 0 fully saturated rings. The van der Waals surface area contributed by atoms with E-state index < -0.39 is 5.41 Å². The Morgan fingerprint density at radius 2 is 1.11 bits per heavy atom. The minimum Gasteiger partial charge on any atom is -0.298 e. The van der Waals surface area contributed by atoms with Gasteiger partial charge in [0.2, 0.25) is 0 Å². The monoisotopic (exact) mass is 385 g/mol. The van der Waals surface area contributed by atoms with Gasteiger partial charge in [0.1, 0.15) is 0 Å². The maximum atomic E-state index is 10.4. The number of aryl methyl sites for hydroxylation is 1. The second-order valence-corrected chi connectivity index (χ2v) is 9.41. The molecule has 0 N–H and O–H groups in total. The van der Waals surface area contributed by atoms with Crippen LogP contribution in [-0.4, -0.2) is 47.1 Å². The standard InChI is InChI=1S/C25H43N3/c1-19(2)27(20(3)4)16-14-25(18-26,24-12-10-23(9)11-13-24)15-17-28(21(5)6)22(7)8/h10-13,19-22H,14-17H2,1-9H3. The van der Waals surface area contributed by atoms with E-state index in [1.54, 1.807) is 0 Å². The summed E-state index contributed by atoms with van der Waals surface area (Å²) in [7, 11) is 0. The van der Waals surface area contributed by atoms with Crippen molar-refractivity contribution in [3.63, 3.8) is 0 Å². The van der Waals surface area contributed by atoms with Crippen LogP contribution >= 0.6 is 0 Å². The Hall–Kier alpha value is -1.37. The summed E-state index contributed by atoms with van der Waals surface area (Å²) >= 11 is 0. The number of benzene rings is 1. The first kappa shape index (κ1) is 24.7. The highest BCUT2D eigenvalue weighted by Crippen LogP contribution is 2.33. The molecule has 28 heavy (non-hydrogen) atoms. The van der Waals surface area contributed by atoms with Gasteiger partial charge in [-0.3, -0.25) is 9.80 Å². The largest absolute Gasteiger partial charge is 0.298 e. The molecule has 0 aliphatic heterocycles. The molecule has 0 heterocycles. The summed E-state index contributed by atoms with van der Waals surface area (Å²) in [6.45, 7) is 22.0. The molecule has 158 valence electrons. The summed E-state index contributed by atoms with van der Waals surface area (Å²) in [5.74, 6) is 0. The van der Waals surface area contributed by atoms with Crippen LogP contribution in [-0.2, 0) is 5.41 Å². The lowest BCUT2D eigenvalue weighted by Crippen LogP contribution is -2.43. The lowest BCUT2D eigenvalue weighted by atomic mass is 9.75. The Bertz CT molecular complexity index is 568. The molecule has 1 rings (SSSR count). The zero-order chi connectivity index (χ0) is 21.5. The van der Waals surface area contributed by atoms with Crippen LogP contribution in [0.1, 0.15) is 79.4 Å². The average molecular weight is 386 g/mol. The molecule has 1 aromatic carbocycles. The molecule has 1 aromatic rings. The van der Waals surface area contributed by atoms with Gasteiger partial charge in [-0.1, -0.05) is 29.8 Å². The van der Waals surface area contributed by atoms with E-state index in [1.807, 2.05) is 0 Å². The summed E-state index contributed by atoms with van der Waals surface area (Å²) in [5.41, 5.74) is 1.96. The number of rotatable bonds is 11. The van der Waals surface area contributed by atoms with Crippen LogP contribution in [0.2, 0.25) is 0 Å². The van der Waals surface area contributed by atoms with Crippen LogP contribution in [0.15, 0.2) is 24.3 Å². The van der Waals surface area contributed by atoms with Gasteiger partial charge < -0.3 is 0 Å². The van der Waals surface area contributed by atoms with Gasteiger partial charge in [0, 0.05) is 37.3 Å². The topological polar surface area (TPSA) is 30.3 Å². The molecule has 3 nitrogen and oxygen atoms in total. The molecule has 0 aromatic heterocycles. The molecule has 0 aliphatic carbocycles. The third-order valence-electron chi connectivity index (χ3n) is 6.06. The molecule has 0 spiro atoms. The molecule has 3 heteroatoms. The van der Waals surface area contributed by atoms with Gasteiger partial charge in [0.25, 0.3) is 0 Å². The lowest BCUT2D eigenvalue weighted by molar-refractivity contribution is 0.143. The fraction of sp³-hybridized carbons (Fsp3) is 0.720. The first-order valence-electron chi connectivity index (χ1n) is 11.0. The van der Waals surface area contributed by atoms with Gasteiger partial charge in [-0.2, -0.15) is 5.26 Å². The molecule has 0 aliphatic rings. The van der Waals surface area contributed by atoms with E-state index >= 15 is 0 Å². The van der Waals surface area contributed by atoms with Crippen LogP contribution < -0.4 is 0 Å². The lowest BCUT2D eigenvalue weighted by Gasteiger charge is -2.37. The summed E-state index contributed by atoms with van der Waals surface area (Å²) < 4.78 is 0. The van der Waals surface area contributed by atoms with Gasteiger partial charge in [0.05, 0.1) is 11.5 Å². The van der Waals surface area contributed by atoms with Crippen LogP contribution in [0.3, 0.4) is 0 Å². The summed E-state index contributed by atoms with van der Waals surface area (Å²) in [6.07, 6.45) is 1.74. The highest BCUT2D eigenvalue weighted by atomic mass is 15.2. The first-order chi connectivity index (χ1) is 13.0. The second-order valence-electron chi connectivity index (χ2n) is 9.41. The zero-order valence-corrected chi connectivity index (χ0v) is 19.8. The normalized spacial score (nSPS) is 12.8. The minimum absolute atomic E-state index is 0.447. The molecular formula is C25H43N3. The SMILES string of the molecule is Cc1ccc(C(C#N)(CCN(C(C)C)C(C)C)CCN(C(C)C)C(C)C)cc1. The van der Waals surface area contributed by atoms with Crippen LogP contribution in [0.25, 0.3) is 0 Å². The van der Waals surface area contributed by atoms with Crippen molar-refractivity contribution in [1.82, 2.24) is 9.80 Å². The Balaban J connectivity index is 3.17. The van der Waals surface area contributed by atoms with E-state index in [-0.39, 0.29) is 0 Å². The van der Waals surface area contributed by atoms with E-state index in [0.29, 0.717) is 24.2 Å². The minimum atomic E-state index is -0.447. The average Bonchev–Trinajstić information content (AvgIpc) is 2.60. The van der Waals surface area contributed by atoms with Crippen molar-refractivity contribution in [1.29, 1.82) is 5.26 Å². The molecule has 0 amide bonds. The molecular weight excluding hydrogens is 342 g/mol. The van der Waals surface area contributed by atoms with Gasteiger partial charge in [0.15, 0.2) is 0 Å². The van der Waals surface area contributed by atoms with Crippen molar-refractivity contribution < 1.29 is 0 Å². The van der Waals surface area contributed by atoms with Gasteiger partial charge in [-0.05, 0) is 80.7 Å². The fourth-order valence-corrected chi connectivity index (χ4v) is 4.33. The van der Waals surface area contributed by atoms with E-state index in [0.717, 1.165) is 25.9 Å². The zero-order valence-electron chi connectivity index (χ0n) is 19.8. The van der Waals surface area contributed by atoms with Crippen molar-refractivity contribution in [2.45, 2.75) is 105 Å². The van der Waals surface area contributed by atoms with E-state index in [1.165, 1.54) is 11.1 Å². The molecule has 0 radical (unpaired) electrons. The number of nitriles is 1. The third-order valence-corrected chi connectivity index (χ3v) is 6.06. The second kappa shape index (κ2) is 11.0. The molecule has 0 saturated heterocycles. The smallest absolute Gasteiger partial charge is 0.0846 e. The molecule has 0 saturated carbocycles. The van der Waals surface area contributed by atoms with Gasteiger partial charge in [-0.15, -0.1) is 0 Å². The maximum absolute atomic E-state index is 10.4. The predicted molar refractivity (Wildman–Crippen MR) is 122 cm³/mol. The summed E-state index contributed by atoms with van der Waals surface area (Å²) in [6, 6.07) is 13.3. The van der Waals surface area contributed by atoms with Crippen molar-refractivity contribution in [2.24, 2.45) is 0 Å². The van der Waals surface area contributed by atoms with Crippen LogP contribution in [0.5, 0.6) is 0 Å². The third kappa shape index (κ3) is 6.61. The Kier molecular flexibility index (Phi) is 9.67. The quantitative estimate of drug-likeness (QED) is 0.484. The van der Waals surface area contributed by atoms with E-state index in [4.69, 9.17) is 0 Å². The van der Waals surface area contributed by atoms with Crippen molar-refractivity contribution in [3.05, 3.63) is 35.4 Å². The highest BCUT2D eigenvalue weighted by Gasteiger charge is 2.34. The Morgan fingerprint density at radius 1 is 0.750 bits per heavy atom. The molecule has 0 atom stereocenters. The van der Waals surface area contributed by atoms with Gasteiger partial charge in [-0.25, -0.2) is 0 Å². The number of hydrogen-bond donors (Lipinski definition) is 0.